The molecule has 3 aliphatic heterocycles. The maximum atomic E-state index is 14.5. The average Bonchev–Trinajstić information content (AvgIpc) is 3.80. The van der Waals surface area contributed by atoms with Crippen molar-refractivity contribution in [2.24, 2.45) is 17.8 Å². The Kier molecular flexibility index (Phi) is 17.9. The van der Waals surface area contributed by atoms with E-state index in [1.165, 1.54) is 0 Å². The second-order valence-corrected chi connectivity index (χ2v) is 18.6. The fourth-order valence-corrected chi connectivity index (χ4v) is 10.1. The van der Waals surface area contributed by atoms with Crippen LogP contribution in [-0.4, -0.2) is 154 Å². The molecule has 0 spiro atoms. The van der Waals surface area contributed by atoms with Gasteiger partial charge in [-0.2, -0.15) is 0 Å². The van der Waals surface area contributed by atoms with Gasteiger partial charge in [0, 0.05) is 56.0 Å². The Balaban J connectivity index is 0.00000871. The van der Waals surface area contributed by atoms with Crippen molar-refractivity contribution < 1.29 is 43.2 Å². The van der Waals surface area contributed by atoms with Crippen molar-refractivity contribution in [3.63, 3.8) is 0 Å². The second-order valence-electron chi connectivity index (χ2n) is 18.6. The van der Waals surface area contributed by atoms with Crippen molar-refractivity contribution in [3.05, 3.63) is 43.1 Å². The first kappa shape index (κ1) is 51.7. The highest BCUT2D eigenvalue weighted by molar-refractivity contribution is 6.00. The number of ether oxygens (including phenoxy) is 5. The Morgan fingerprint density at radius 1 is 1.11 bits per heavy atom. The summed E-state index contributed by atoms with van der Waals surface area (Å²) in [5.41, 5.74) is 5.89. The summed E-state index contributed by atoms with van der Waals surface area (Å²) < 4.78 is 33.7. The number of likely N-dealkylation sites (N-methyl/N-ethyl adjacent to an activating group) is 2. The number of cyclic esters (lactones) is 1. The highest BCUT2D eigenvalue weighted by Crippen LogP contribution is 2.42. The number of hydrogen-bond donors (Lipinski definition) is 2. The number of esters is 1. The van der Waals surface area contributed by atoms with Gasteiger partial charge in [0.25, 0.3) is 0 Å². The molecule has 1 aromatic heterocycles. The van der Waals surface area contributed by atoms with Gasteiger partial charge in [-0.3, -0.25) is 19.2 Å². The number of hydrogen-bond acceptors (Lipinski definition) is 14. The van der Waals surface area contributed by atoms with Gasteiger partial charge in [0.1, 0.15) is 23.8 Å². The van der Waals surface area contributed by atoms with Gasteiger partial charge in [0.05, 0.1) is 30.0 Å². The maximum absolute atomic E-state index is 14.5. The van der Waals surface area contributed by atoms with Crippen molar-refractivity contribution in [2.75, 3.05) is 47.1 Å². The first-order chi connectivity index (χ1) is 29.3. The number of nitrogen functional groups attached to an aromatic ring is 1. The Bertz CT molecular complexity index is 1840. The summed E-state index contributed by atoms with van der Waals surface area (Å²) in [5, 5.41) is 20.2. The number of methoxy groups -OCH3 is 1. The van der Waals surface area contributed by atoms with Crippen LogP contribution in [0.3, 0.4) is 0 Å². The molecule has 1 aromatic carbocycles. The summed E-state index contributed by atoms with van der Waals surface area (Å²) in [6.07, 6.45) is 2.41. The lowest BCUT2D eigenvalue weighted by atomic mass is 9.78. The number of unbranched alkanes of at least 4 members (excludes halogenated alkanes) is 1. The van der Waals surface area contributed by atoms with E-state index < -0.39 is 71.5 Å². The lowest BCUT2D eigenvalue weighted by Crippen LogP contribution is -2.61. The zero-order valence-corrected chi connectivity index (χ0v) is 38.9. The van der Waals surface area contributed by atoms with Gasteiger partial charge < -0.3 is 44.3 Å². The third kappa shape index (κ3) is 11.5. The predicted molar refractivity (Wildman–Crippen MR) is 242 cm³/mol. The molecular weight excluding hydrogens is 807 g/mol. The number of nitrogens with two attached hydrogens (primary N) is 1. The molecule has 0 aliphatic carbocycles. The quantitative estimate of drug-likeness (QED) is 0.0807. The van der Waals surface area contributed by atoms with E-state index in [9.17, 15) is 19.5 Å². The maximum Gasteiger partial charge on any atom is 0.410 e. The van der Waals surface area contributed by atoms with Crippen LogP contribution in [0.5, 0.6) is 0 Å². The molecule has 3 fully saturated rings. The molecule has 4 heterocycles. The third-order valence-corrected chi connectivity index (χ3v) is 13.5. The predicted octanol–water partition coefficient (Wildman–Crippen LogP) is 5.82. The van der Waals surface area contributed by atoms with Crippen LogP contribution in [0.4, 0.5) is 10.5 Å². The topological polar surface area (TPSA) is 184 Å². The van der Waals surface area contributed by atoms with Gasteiger partial charge in [0.15, 0.2) is 17.7 Å². The number of Topliss-reactive ketones (excluding diaryl/α,β-unsaturated/α-hetero) is 1. The van der Waals surface area contributed by atoms with Crippen LogP contribution < -0.4 is 5.73 Å². The normalized spacial score (nSPS) is 35.0. The Morgan fingerprint density at radius 2 is 1.81 bits per heavy atom. The largest absolute Gasteiger partial charge is 0.458 e. The van der Waals surface area contributed by atoms with Crippen molar-refractivity contribution in [1.29, 1.82) is 0 Å². The number of nitrogens with zero attached hydrogens (tertiary/aromatic N) is 6. The van der Waals surface area contributed by atoms with Gasteiger partial charge in [-0.1, -0.05) is 51.6 Å². The number of benzene rings is 1. The summed E-state index contributed by atoms with van der Waals surface area (Å²) in [5.74, 6) is -3.22. The number of anilines is 1. The van der Waals surface area contributed by atoms with Crippen LogP contribution in [0.25, 0.3) is 11.3 Å². The summed E-state index contributed by atoms with van der Waals surface area (Å²) in [7, 11) is 7.43. The Labute approximate surface area is 375 Å². The standard InChI is InChI=1S/C46H73N7O9.CH4/c1-13-18-35-40-46(8,62-44(57)53(40)22-16-15-21-52-27-34(48-49-52)32-19-17-20-33(47)24-32)37(14-2)60-42(56)31(6)38(54)30(5)41(45(7,58-12)25-28(3)26-51(35)11)61-43-39(55)36(50(9)10)23-29(4)59-43;/h13,17,19-20,24,27-31,35-37,39-41,43,55H,1,14-16,18,21-23,25-26,47H2,2-12H3;1H4/t28-,29?,30+,31-,35-,36?,37-,39?,40-,41-,43+,45-,46-;/m1./s1. The Morgan fingerprint density at radius 3 is 2.44 bits per heavy atom. The van der Waals surface area contributed by atoms with E-state index in [0.717, 1.165) is 11.3 Å². The minimum atomic E-state index is -1.28. The fourth-order valence-electron chi connectivity index (χ4n) is 10.1. The second kappa shape index (κ2) is 21.8. The molecule has 3 aliphatic rings. The number of ketones is 1. The molecule has 13 atom stereocenters. The molecule has 0 radical (unpaired) electrons. The van der Waals surface area contributed by atoms with Gasteiger partial charge in [-0.25, -0.2) is 4.79 Å². The molecule has 63 heavy (non-hydrogen) atoms. The highest BCUT2D eigenvalue weighted by atomic mass is 16.7. The van der Waals surface area contributed by atoms with Gasteiger partial charge in [0.2, 0.25) is 0 Å². The van der Waals surface area contributed by atoms with Crippen LogP contribution >= 0.6 is 0 Å². The van der Waals surface area contributed by atoms with Crippen LogP contribution in [0, 0.1) is 17.8 Å². The van der Waals surface area contributed by atoms with Crippen molar-refractivity contribution >= 4 is 23.5 Å². The summed E-state index contributed by atoms with van der Waals surface area (Å²) in [4.78, 5) is 48.8. The minimum Gasteiger partial charge on any atom is -0.458 e. The van der Waals surface area contributed by atoms with E-state index >= 15 is 0 Å². The number of aliphatic hydroxyl groups is 1. The first-order valence-corrected chi connectivity index (χ1v) is 22.3. The van der Waals surface area contributed by atoms with Gasteiger partial charge in [-0.15, -0.1) is 11.7 Å². The molecule has 5 rings (SSSR count). The van der Waals surface area contributed by atoms with Crippen LogP contribution in [0.2, 0.25) is 0 Å². The van der Waals surface area contributed by atoms with Crippen molar-refractivity contribution in [2.45, 2.75) is 161 Å². The minimum absolute atomic E-state index is 0. The molecule has 1 amide bonds. The van der Waals surface area contributed by atoms with Crippen molar-refractivity contribution in [3.8, 4) is 11.3 Å². The lowest BCUT2D eigenvalue weighted by Gasteiger charge is -2.47. The first-order valence-electron chi connectivity index (χ1n) is 22.3. The number of carbonyl (C=O) groups is 3. The molecule has 16 heteroatoms. The lowest BCUT2D eigenvalue weighted by molar-refractivity contribution is -0.295. The molecule has 3 saturated heterocycles. The van der Waals surface area contributed by atoms with Crippen LogP contribution in [0.15, 0.2) is 43.1 Å². The van der Waals surface area contributed by atoms with Gasteiger partial charge in [-0.05, 0) is 105 Å². The van der Waals surface area contributed by atoms with E-state index in [0.29, 0.717) is 63.8 Å². The number of aryl methyl sites for hydroxylation is 1. The molecule has 3 unspecified atom stereocenters. The van der Waals surface area contributed by atoms with E-state index in [4.69, 9.17) is 29.4 Å². The number of rotatable bonds is 13. The van der Waals surface area contributed by atoms with Crippen LogP contribution in [0.1, 0.15) is 94.4 Å². The van der Waals surface area contributed by atoms with Crippen molar-refractivity contribution in [1.82, 2.24) is 29.7 Å². The van der Waals surface area contributed by atoms with E-state index in [1.807, 2.05) is 90.3 Å². The smallest absolute Gasteiger partial charge is 0.410 e. The molecule has 16 nitrogen and oxygen atoms in total. The number of fused-ring (bicyclic) bond motifs is 1. The zero-order valence-electron chi connectivity index (χ0n) is 38.9. The molecule has 0 saturated carbocycles. The van der Waals surface area contributed by atoms with E-state index in [2.05, 4.69) is 28.7 Å². The molecule has 0 bridgehead atoms. The highest BCUT2D eigenvalue weighted by Gasteiger charge is 2.60. The van der Waals surface area contributed by atoms with E-state index in [1.54, 1.807) is 30.5 Å². The monoisotopic (exact) mass is 884 g/mol. The zero-order chi connectivity index (χ0) is 45.7. The fraction of sp³-hybridized carbons (Fsp3) is 0.723. The number of aromatic nitrogens is 3. The summed E-state index contributed by atoms with van der Waals surface area (Å²) in [6.45, 7) is 18.6. The van der Waals surface area contributed by atoms with Gasteiger partial charge >= 0.3 is 12.1 Å². The molecule has 3 N–H and O–H groups in total. The molecular formula is C47H77N7O9. The van der Waals surface area contributed by atoms with E-state index in [-0.39, 0.29) is 31.5 Å². The number of amides is 1. The summed E-state index contributed by atoms with van der Waals surface area (Å²) >= 11 is 0. The molecule has 354 valence electrons. The van der Waals surface area contributed by atoms with Crippen LogP contribution in [-0.2, 0) is 39.8 Å². The summed E-state index contributed by atoms with van der Waals surface area (Å²) in [6, 6.07) is 6.41. The third-order valence-electron chi connectivity index (χ3n) is 13.5. The number of aliphatic hydroxyl groups excluding tert-OH is 1. The average molecular weight is 884 g/mol. The Hall–Kier alpha value is -3.93. The SMILES string of the molecule is C.C=CC[C@@H]1[C@H]2N(CCCCn3cc(-c4cccc(N)c4)nn3)C(=O)O[C@]2(C)[C@@H](CC)OC(=O)[C@H](C)C(=O)[C@H](C)[C@@H](O[C@@H]2OC(C)CC(N(C)C)C2O)[C@](C)(OC)C[C@@H](C)CN1C. The molecule has 2 aromatic rings. The number of carbonyl (C=O) groups excluding carboxylic acids is 3.